The van der Waals surface area contributed by atoms with Gasteiger partial charge in [0.1, 0.15) is 5.41 Å². The second-order valence-electron chi connectivity index (χ2n) is 11.5. The molecular formula is C34H35Cl2N5O6. The lowest BCUT2D eigenvalue weighted by atomic mass is 9.60. The molecule has 0 bridgehead atoms. The number of aliphatic carboxylic acids is 1. The Morgan fingerprint density at radius 1 is 1.06 bits per heavy atom. The average molecular weight is 681 g/mol. The summed E-state index contributed by atoms with van der Waals surface area (Å²) in [5.41, 5.74) is 1.20. The van der Waals surface area contributed by atoms with Crippen LogP contribution in [0.25, 0.3) is 0 Å². The first-order chi connectivity index (χ1) is 22.6. The Labute approximate surface area is 282 Å². The first-order valence-corrected chi connectivity index (χ1v) is 15.7. The molecule has 0 spiro atoms. The normalized spacial score (nSPS) is 19.9. The fourth-order valence-electron chi connectivity index (χ4n) is 6.43. The Kier molecular flexibility index (Phi) is 10.4. The number of carboxylic acid groups (broad SMARTS) is 1. The molecule has 1 aliphatic heterocycles. The van der Waals surface area contributed by atoms with Crippen molar-refractivity contribution >= 4 is 41.1 Å². The zero-order valence-electron chi connectivity index (χ0n) is 26.1. The van der Waals surface area contributed by atoms with Crippen molar-refractivity contribution < 1.29 is 29.0 Å². The molecule has 0 fully saturated rings. The monoisotopic (exact) mass is 679 g/mol. The molecule has 0 aliphatic carbocycles. The molecule has 0 amide bonds. The van der Waals surface area contributed by atoms with E-state index in [-0.39, 0.29) is 35.1 Å². The van der Waals surface area contributed by atoms with Crippen LogP contribution in [0.3, 0.4) is 0 Å². The van der Waals surface area contributed by atoms with E-state index in [2.05, 4.69) is 15.3 Å². The fourth-order valence-corrected chi connectivity index (χ4v) is 6.84. The number of methoxy groups -OCH3 is 1. The number of carboxylic acids is 1. The summed E-state index contributed by atoms with van der Waals surface area (Å²) in [6, 6.07) is 11.7. The number of halogens is 2. The average Bonchev–Trinajstić information content (AvgIpc) is 3.77. The fraction of sp³-hybridized carbons (Fsp3) is 0.324. The lowest BCUT2D eigenvalue weighted by Gasteiger charge is -2.47. The van der Waals surface area contributed by atoms with E-state index < -0.39 is 41.3 Å². The van der Waals surface area contributed by atoms with Crippen molar-refractivity contribution in [3.05, 3.63) is 118 Å². The minimum absolute atomic E-state index is 0.0267. The second-order valence-corrected chi connectivity index (χ2v) is 12.3. The van der Waals surface area contributed by atoms with Crippen LogP contribution in [0.15, 0.2) is 91.2 Å². The molecule has 47 heavy (non-hydrogen) atoms. The summed E-state index contributed by atoms with van der Waals surface area (Å²) < 4.78 is 14.6. The molecular weight excluding hydrogens is 645 g/mol. The number of imidazole rings is 2. The van der Waals surface area contributed by atoms with E-state index in [4.69, 9.17) is 32.7 Å². The maximum absolute atomic E-state index is 13.4. The number of esters is 2. The third kappa shape index (κ3) is 6.91. The predicted octanol–water partition coefficient (Wildman–Crippen LogP) is 5.64. The number of allylic oxidation sites excluding steroid dienone is 1. The van der Waals surface area contributed by atoms with Crippen molar-refractivity contribution in [3.8, 4) is 0 Å². The number of ether oxygens (including phenoxy) is 2. The van der Waals surface area contributed by atoms with Gasteiger partial charge < -0.3 is 29.0 Å². The summed E-state index contributed by atoms with van der Waals surface area (Å²) >= 11 is 13.0. The molecule has 11 nitrogen and oxygen atoms in total. The highest BCUT2D eigenvalue weighted by Gasteiger charge is 2.57. The molecule has 2 N–H and O–H groups in total. The lowest BCUT2D eigenvalue weighted by Crippen LogP contribution is -2.57. The topological polar surface area (TPSA) is 138 Å². The van der Waals surface area contributed by atoms with Crippen LogP contribution in [-0.4, -0.2) is 61.9 Å². The van der Waals surface area contributed by atoms with Gasteiger partial charge in [-0.15, -0.1) is 0 Å². The summed E-state index contributed by atoms with van der Waals surface area (Å²) in [5.74, 6) is -3.49. The number of hydrogen-bond donors (Lipinski definition) is 2. The summed E-state index contributed by atoms with van der Waals surface area (Å²) in [7, 11) is 1.23. The van der Waals surface area contributed by atoms with Crippen LogP contribution in [0.2, 0.25) is 10.0 Å². The van der Waals surface area contributed by atoms with E-state index in [0.29, 0.717) is 17.8 Å². The number of carbonyl (C=O) groups is 3. The number of nitrogens with one attached hydrogen (secondary N) is 1. The zero-order chi connectivity index (χ0) is 33.7. The maximum atomic E-state index is 13.4. The van der Waals surface area contributed by atoms with Gasteiger partial charge in [-0.25, -0.2) is 14.8 Å². The summed E-state index contributed by atoms with van der Waals surface area (Å²) in [4.78, 5) is 48.0. The van der Waals surface area contributed by atoms with Gasteiger partial charge >= 0.3 is 17.9 Å². The van der Waals surface area contributed by atoms with Gasteiger partial charge in [0.15, 0.2) is 0 Å². The SMILES string of the molecule is COC(=O)C1=C(C)NC(C)C(CCOC(=O)CC(c2ccc(Cn3ccnc3)cc2)n2ccnc2)(C(=O)O)C1c1cccc(Cl)c1Cl. The molecule has 3 heterocycles. The van der Waals surface area contributed by atoms with Crippen LogP contribution in [-0.2, 0) is 30.4 Å². The van der Waals surface area contributed by atoms with E-state index >= 15 is 0 Å². The third-order valence-electron chi connectivity index (χ3n) is 8.82. The largest absolute Gasteiger partial charge is 0.481 e. The van der Waals surface area contributed by atoms with E-state index in [1.807, 2.05) is 39.6 Å². The highest BCUT2D eigenvalue weighted by Crippen LogP contribution is 2.52. The van der Waals surface area contributed by atoms with Gasteiger partial charge in [-0.1, -0.05) is 59.6 Å². The number of benzene rings is 2. The van der Waals surface area contributed by atoms with E-state index in [1.165, 1.54) is 7.11 Å². The third-order valence-corrected chi connectivity index (χ3v) is 9.66. The number of rotatable bonds is 12. The number of nitrogens with zero attached hydrogens (tertiary/aromatic N) is 4. The smallest absolute Gasteiger partial charge is 0.336 e. The molecule has 4 aromatic rings. The van der Waals surface area contributed by atoms with Crippen molar-refractivity contribution in [2.24, 2.45) is 5.41 Å². The van der Waals surface area contributed by atoms with Gasteiger partial charge in [0.25, 0.3) is 0 Å². The minimum Gasteiger partial charge on any atom is -0.481 e. The molecule has 0 radical (unpaired) electrons. The molecule has 13 heteroatoms. The van der Waals surface area contributed by atoms with Crippen LogP contribution in [0, 0.1) is 5.41 Å². The molecule has 2 aromatic carbocycles. The number of aromatic nitrogens is 4. The van der Waals surface area contributed by atoms with Crippen LogP contribution in [0.4, 0.5) is 0 Å². The molecule has 1 aliphatic rings. The van der Waals surface area contributed by atoms with Crippen LogP contribution >= 0.6 is 23.2 Å². The second kappa shape index (κ2) is 14.4. The van der Waals surface area contributed by atoms with Gasteiger partial charge in [-0.05, 0) is 36.6 Å². The Balaban J connectivity index is 1.39. The van der Waals surface area contributed by atoms with Gasteiger partial charge in [0, 0.05) is 55.4 Å². The van der Waals surface area contributed by atoms with Gasteiger partial charge in [-0.2, -0.15) is 0 Å². The number of hydrogen-bond acceptors (Lipinski definition) is 8. The van der Waals surface area contributed by atoms with Gasteiger partial charge in [0.2, 0.25) is 0 Å². The molecule has 0 saturated heterocycles. The maximum Gasteiger partial charge on any atom is 0.336 e. The summed E-state index contributed by atoms with van der Waals surface area (Å²) in [6.45, 7) is 3.81. The van der Waals surface area contributed by atoms with E-state index in [1.54, 1.807) is 63.3 Å². The Morgan fingerprint density at radius 2 is 1.79 bits per heavy atom. The van der Waals surface area contributed by atoms with Crippen LogP contribution in [0.5, 0.6) is 0 Å². The van der Waals surface area contributed by atoms with Crippen molar-refractivity contribution in [1.29, 1.82) is 0 Å². The summed E-state index contributed by atoms with van der Waals surface area (Å²) in [5, 5.41) is 14.3. The van der Waals surface area contributed by atoms with E-state index in [9.17, 15) is 19.5 Å². The minimum atomic E-state index is -1.67. The van der Waals surface area contributed by atoms with E-state index in [0.717, 1.165) is 11.1 Å². The van der Waals surface area contributed by atoms with Crippen LogP contribution < -0.4 is 5.32 Å². The first kappa shape index (κ1) is 33.7. The first-order valence-electron chi connectivity index (χ1n) is 15.0. The Hall–Kier alpha value is -4.61. The highest BCUT2D eigenvalue weighted by atomic mass is 35.5. The molecule has 246 valence electrons. The predicted molar refractivity (Wildman–Crippen MR) is 175 cm³/mol. The van der Waals surface area contributed by atoms with Crippen LogP contribution in [0.1, 0.15) is 55.3 Å². The van der Waals surface area contributed by atoms with Crippen molar-refractivity contribution in [1.82, 2.24) is 24.4 Å². The summed E-state index contributed by atoms with van der Waals surface area (Å²) in [6.07, 6.45) is 10.2. The lowest BCUT2D eigenvalue weighted by molar-refractivity contribution is -0.158. The van der Waals surface area contributed by atoms with Crippen molar-refractivity contribution in [3.63, 3.8) is 0 Å². The van der Waals surface area contributed by atoms with Gasteiger partial charge in [-0.3, -0.25) is 9.59 Å². The molecule has 4 atom stereocenters. The standard InChI is InChI=1S/C34H35Cl2N5O6/c1-21-29(32(43)46-3)30(25-5-4-6-26(35)31(25)36)34(33(44)45,22(2)39-21)11-16-47-28(42)17-27(41-15-13-38-20-41)24-9-7-23(8-10-24)18-40-14-12-37-19-40/h4-10,12-15,19-20,22,27,30,39H,11,16-18H2,1-3H3,(H,44,45). The van der Waals surface area contributed by atoms with Crippen molar-refractivity contribution in [2.45, 2.75) is 51.2 Å². The zero-order valence-corrected chi connectivity index (χ0v) is 27.6. The molecule has 0 saturated carbocycles. The quantitative estimate of drug-likeness (QED) is 0.182. The number of carbonyl (C=O) groups excluding carboxylic acids is 2. The molecule has 2 aromatic heterocycles. The van der Waals surface area contributed by atoms with Gasteiger partial charge in [0.05, 0.1) is 54.5 Å². The highest BCUT2D eigenvalue weighted by molar-refractivity contribution is 6.42. The molecule has 4 unspecified atom stereocenters. The van der Waals surface area contributed by atoms with Crippen molar-refractivity contribution in [2.75, 3.05) is 13.7 Å². The Bertz CT molecular complexity index is 1760. The molecule has 5 rings (SSSR count). The Morgan fingerprint density at radius 3 is 2.43 bits per heavy atom.